The number of rotatable bonds is 3. The Hall–Kier alpha value is -2.21. The minimum absolute atomic E-state index is 0. The van der Waals surface area contributed by atoms with Crippen LogP contribution in [0.4, 0.5) is 5.69 Å². The number of nitrogens with one attached hydrogen (secondary N) is 1. The number of benzene rings is 1. The molecule has 0 aliphatic carbocycles. The molecule has 0 radical (unpaired) electrons. The Balaban J connectivity index is 0.00000243. The summed E-state index contributed by atoms with van der Waals surface area (Å²) >= 11 is 12.0. The number of aryl methyl sites for hydroxylation is 2. The fourth-order valence-electron chi connectivity index (χ4n) is 2.30. The number of halogens is 3. The number of amides is 1. The summed E-state index contributed by atoms with van der Waals surface area (Å²) in [5.41, 5.74) is 3.85. The summed E-state index contributed by atoms with van der Waals surface area (Å²) < 4.78 is 0. The van der Waals surface area contributed by atoms with Crippen molar-refractivity contribution >= 4 is 47.2 Å². The van der Waals surface area contributed by atoms with Gasteiger partial charge in [0, 0.05) is 11.3 Å². The molecule has 0 saturated heterocycles. The Morgan fingerprint density at radius 3 is 2.46 bits per heavy atom. The molecule has 0 bridgehead atoms. The highest BCUT2D eigenvalue weighted by atomic mass is 35.5. The molecule has 0 aliphatic rings. The van der Waals surface area contributed by atoms with E-state index in [1.165, 1.54) is 6.33 Å². The molecule has 2 aromatic heterocycles. The fourth-order valence-corrected chi connectivity index (χ4v) is 2.60. The van der Waals surface area contributed by atoms with Crippen molar-refractivity contribution in [3.63, 3.8) is 0 Å². The molecule has 134 valence electrons. The molecule has 0 atom stereocenters. The average molecular weight is 410 g/mol. The van der Waals surface area contributed by atoms with Crippen molar-refractivity contribution in [2.24, 2.45) is 0 Å². The molecule has 8 heteroatoms. The Labute approximate surface area is 167 Å². The van der Waals surface area contributed by atoms with Gasteiger partial charge in [0.2, 0.25) is 0 Å². The SMILES string of the molecule is Cc1ccc(NC(=O)c2cc(-c3ccc(Cl)c(Cl)c3)ncn2)c(C)n1.Cl. The normalized spacial score (nSPS) is 10.2. The van der Waals surface area contributed by atoms with Crippen LogP contribution in [0.5, 0.6) is 0 Å². The molecule has 0 spiro atoms. The lowest BCUT2D eigenvalue weighted by Gasteiger charge is -2.09. The first-order valence-electron chi connectivity index (χ1n) is 7.47. The van der Waals surface area contributed by atoms with Crippen LogP contribution in [0.1, 0.15) is 21.9 Å². The lowest BCUT2D eigenvalue weighted by Crippen LogP contribution is -2.15. The van der Waals surface area contributed by atoms with E-state index in [4.69, 9.17) is 23.2 Å². The van der Waals surface area contributed by atoms with Gasteiger partial charge in [-0.05, 0) is 44.2 Å². The van der Waals surface area contributed by atoms with Crippen LogP contribution < -0.4 is 5.32 Å². The highest BCUT2D eigenvalue weighted by Crippen LogP contribution is 2.27. The molecular weight excluding hydrogens is 395 g/mol. The monoisotopic (exact) mass is 408 g/mol. The Morgan fingerprint density at radius 2 is 1.77 bits per heavy atom. The van der Waals surface area contributed by atoms with Gasteiger partial charge in [-0.1, -0.05) is 29.3 Å². The van der Waals surface area contributed by atoms with Crippen LogP contribution >= 0.6 is 35.6 Å². The predicted molar refractivity (Wildman–Crippen MR) is 106 cm³/mol. The van der Waals surface area contributed by atoms with Gasteiger partial charge in [-0.15, -0.1) is 12.4 Å². The number of hydrogen-bond donors (Lipinski definition) is 1. The quantitative estimate of drug-likeness (QED) is 0.650. The van der Waals surface area contributed by atoms with Crippen molar-refractivity contribution in [3.8, 4) is 11.3 Å². The van der Waals surface area contributed by atoms with Gasteiger partial charge in [-0.3, -0.25) is 9.78 Å². The second-order valence-corrected chi connectivity index (χ2v) is 6.27. The van der Waals surface area contributed by atoms with E-state index in [0.717, 1.165) is 17.0 Å². The first-order chi connectivity index (χ1) is 11.9. The second kappa shape index (κ2) is 8.45. The van der Waals surface area contributed by atoms with Crippen LogP contribution in [-0.4, -0.2) is 20.9 Å². The molecule has 3 aromatic rings. The summed E-state index contributed by atoms with van der Waals surface area (Å²) in [4.78, 5) is 25.0. The maximum atomic E-state index is 12.5. The topological polar surface area (TPSA) is 67.8 Å². The molecule has 0 aliphatic heterocycles. The Bertz CT molecular complexity index is 963. The van der Waals surface area contributed by atoms with Crippen molar-refractivity contribution in [2.45, 2.75) is 13.8 Å². The Morgan fingerprint density at radius 1 is 1.00 bits per heavy atom. The van der Waals surface area contributed by atoms with E-state index >= 15 is 0 Å². The summed E-state index contributed by atoms with van der Waals surface area (Å²) in [6, 6.07) is 10.4. The number of pyridine rings is 1. The second-order valence-electron chi connectivity index (χ2n) is 5.46. The zero-order valence-electron chi connectivity index (χ0n) is 14.0. The molecule has 0 fully saturated rings. The number of anilines is 1. The molecule has 26 heavy (non-hydrogen) atoms. The van der Waals surface area contributed by atoms with Crippen LogP contribution in [0.2, 0.25) is 10.0 Å². The number of hydrogen-bond acceptors (Lipinski definition) is 4. The lowest BCUT2D eigenvalue weighted by molar-refractivity contribution is 0.102. The molecule has 1 amide bonds. The number of carbonyl (C=O) groups excluding carboxylic acids is 1. The third-order valence-electron chi connectivity index (χ3n) is 3.59. The summed E-state index contributed by atoms with van der Waals surface area (Å²) in [5, 5.41) is 3.69. The summed E-state index contributed by atoms with van der Waals surface area (Å²) in [5.74, 6) is -0.336. The maximum absolute atomic E-state index is 12.5. The van der Waals surface area contributed by atoms with Gasteiger partial charge in [-0.2, -0.15) is 0 Å². The van der Waals surface area contributed by atoms with Gasteiger partial charge in [0.05, 0.1) is 27.1 Å². The van der Waals surface area contributed by atoms with E-state index in [2.05, 4.69) is 20.3 Å². The molecular formula is C18H15Cl3N4O. The smallest absolute Gasteiger partial charge is 0.274 e. The summed E-state index contributed by atoms with van der Waals surface area (Å²) in [6.07, 6.45) is 1.34. The first-order valence-corrected chi connectivity index (χ1v) is 8.22. The van der Waals surface area contributed by atoms with E-state index in [1.807, 2.05) is 26.0 Å². The standard InChI is InChI=1S/C18H14Cl2N4O.ClH/c1-10-3-6-15(11(2)23-10)24-18(25)17-8-16(21-9-22-17)12-4-5-13(19)14(20)7-12;/h3-9H,1-2H3,(H,24,25);1H. The van der Waals surface area contributed by atoms with Crippen molar-refractivity contribution in [1.82, 2.24) is 15.0 Å². The average Bonchev–Trinajstić information content (AvgIpc) is 2.60. The predicted octanol–water partition coefficient (Wildman–Crippen LogP) is 5.14. The van der Waals surface area contributed by atoms with Gasteiger partial charge in [0.1, 0.15) is 12.0 Å². The van der Waals surface area contributed by atoms with Crippen molar-refractivity contribution in [3.05, 3.63) is 69.9 Å². The number of nitrogens with zero attached hydrogens (tertiary/aromatic N) is 3. The van der Waals surface area contributed by atoms with E-state index < -0.39 is 0 Å². The molecule has 3 rings (SSSR count). The van der Waals surface area contributed by atoms with Gasteiger partial charge in [-0.25, -0.2) is 9.97 Å². The van der Waals surface area contributed by atoms with Gasteiger partial charge in [0.25, 0.3) is 5.91 Å². The van der Waals surface area contributed by atoms with Crippen molar-refractivity contribution < 1.29 is 4.79 Å². The van der Waals surface area contributed by atoms with Crippen LogP contribution in [0.25, 0.3) is 11.3 Å². The maximum Gasteiger partial charge on any atom is 0.274 e. The third-order valence-corrected chi connectivity index (χ3v) is 4.33. The Kier molecular flexibility index (Phi) is 6.53. The van der Waals surface area contributed by atoms with Gasteiger partial charge in [0.15, 0.2) is 0 Å². The largest absolute Gasteiger partial charge is 0.319 e. The summed E-state index contributed by atoms with van der Waals surface area (Å²) in [6.45, 7) is 3.73. The van der Waals surface area contributed by atoms with Crippen LogP contribution in [0, 0.1) is 13.8 Å². The molecule has 0 saturated carbocycles. The number of aromatic nitrogens is 3. The van der Waals surface area contributed by atoms with Gasteiger partial charge < -0.3 is 5.32 Å². The molecule has 2 heterocycles. The fraction of sp³-hybridized carbons (Fsp3) is 0.111. The van der Waals surface area contributed by atoms with E-state index in [9.17, 15) is 4.79 Å². The molecule has 5 nitrogen and oxygen atoms in total. The molecule has 0 unspecified atom stereocenters. The van der Waals surface area contributed by atoms with E-state index in [-0.39, 0.29) is 24.0 Å². The van der Waals surface area contributed by atoms with E-state index in [0.29, 0.717) is 21.4 Å². The van der Waals surface area contributed by atoms with Gasteiger partial charge >= 0.3 is 0 Å². The molecule has 1 N–H and O–H groups in total. The minimum Gasteiger partial charge on any atom is -0.319 e. The zero-order valence-corrected chi connectivity index (χ0v) is 16.3. The highest BCUT2D eigenvalue weighted by molar-refractivity contribution is 6.42. The van der Waals surface area contributed by atoms with Crippen LogP contribution in [0.15, 0.2) is 42.7 Å². The molecule has 1 aromatic carbocycles. The lowest BCUT2D eigenvalue weighted by atomic mass is 10.1. The van der Waals surface area contributed by atoms with E-state index in [1.54, 1.807) is 24.3 Å². The first kappa shape index (κ1) is 20.1. The summed E-state index contributed by atoms with van der Waals surface area (Å²) in [7, 11) is 0. The zero-order chi connectivity index (χ0) is 18.0. The van der Waals surface area contributed by atoms with Crippen molar-refractivity contribution in [1.29, 1.82) is 0 Å². The van der Waals surface area contributed by atoms with Crippen LogP contribution in [0.3, 0.4) is 0 Å². The number of carbonyl (C=O) groups is 1. The van der Waals surface area contributed by atoms with Crippen LogP contribution in [-0.2, 0) is 0 Å². The highest BCUT2D eigenvalue weighted by Gasteiger charge is 2.12. The minimum atomic E-state index is -0.336. The third kappa shape index (κ3) is 4.49. The van der Waals surface area contributed by atoms with Crippen molar-refractivity contribution in [2.75, 3.05) is 5.32 Å².